The summed E-state index contributed by atoms with van der Waals surface area (Å²) >= 11 is 10.4. The van der Waals surface area contributed by atoms with E-state index in [1.807, 2.05) is 42.5 Å². The van der Waals surface area contributed by atoms with Gasteiger partial charge in [0, 0.05) is 21.1 Å². The fraction of sp³-hybridized carbons (Fsp3) is 0.143. The zero-order chi connectivity index (χ0) is 13.8. The Bertz CT molecular complexity index is 574. The van der Waals surface area contributed by atoms with Crippen molar-refractivity contribution in [1.82, 2.24) is 0 Å². The molecular weight excluding hydrogens is 438 g/mol. The predicted octanol–water partition coefficient (Wildman–Crippen LogP) is 5.05. The molecule has 2 N–H and O–H groups in total. The number of ether oxygens (including phenoxy) is 1. The quantitative estimate of drug-likeness (QED) is 0.708. The van der Waals surface area contributed by atoms with E-state index in [0.717, 1.165) is 24.7 Å². The summed E-state index contributed by atoms with van der Waals surface area (Å²) in [7, 11) is 0. The van der Waals surface area contributed by atoms with Gasteiger partial charge in [-0.25, -0.2) is 0 Å². The first kappa shape index (κ1) is 15.0. The molecule has 0 radical (unpaired) electrons. The number of hydrogen-bond acceptors (Lipinski definition) is 2. The Hall–Kier alpha value is -0.360. The molecule has 0 spiro atoms. The van der Waals surface area contributed by atoms with Gasteiger partial charge in [-0.3, -0.25) is 0 Å². The molecule has 2 nitrogen and oxygen atoms in total. The molecule has 0 saturated heterocycles. The number of rotatable bonds is 4. The summed E-state index contributed by atoms with van der Waals surface area (Å²) in [6.07, 6.45) is -0.187. The molecule has 2 aromatic rings. The van der Waals surface area contributed by atoms with E-state index in [0.29, 0.717) is 6.54 Å². The second-order valence-electron chi connectivity index (χ2n) is 3.94. The highest BCUT2D eigenvalue weighted by molar-refractivity contribution is 9.11. The van der Waals surface area contributed by atoms with Crippen molar-refractivity contribution in [3.05, 3.63) is 61.4 Å². The van der Waals surface area contributed by atoms with Gasteiger partial charge in [0.25, 0.3) is 0 Å². The van der Waals surface area contributed by atoms with Crippen LogP contribution in [0.2, 0.25) is 0 Å². The van der Waals surface area contributed by atoms with Gasteiger partial charge in [-0.05, 0) is 40.2 Å². The van der Waals surface area contributed by atoms with Gasteiger partial charge in [-0.15, -0.1) is 0 Å². The van der Waals surface area contributed by atoms with Crippen LogP contribution >= 0.6 is 47.8 Å². The fourth-order valence-corrected chi connectivity index (χ4v) is 3.38. The first-order valence-corrected chi connectivity index (χ1v) is 8.06. The van der Waals surface area contributed by atoms with E-state index in [9.17, 15) is 0 Å². The van der Waals surface area contributed by atoms with Gasteiger partial charge in [0.15, 0.2) is 0 Å². The van der Waals surface area contributed by atoms with Crippen molar-refractivity contribution in [1.29, 1.82) is 0 Å². The van der Waals surface area contributed by atoms with Crippen molar-refractivity contribution in [3.8, 4) is 5.75 Å². The van der Waals surface area contributed by atoms with Gasteiger partial charge < -0.3 is 10.5 Å². The molecule has 5 heteroatoms. The second-order valence-corrected chi connectivity index (χ2v) is 6.56. The van der Waals surface area contributed by atoms with E-state index in [2.05, 4.69) is 47.8 Å². The summed E-state index contributed by atoms with van der Waals surface area (Å²) in [6, 6.07) is 13.7. The van der Waals surface area contributed by atoms with Crippen molar-refractivity contribution >= 4 is 47.8 Å². The molecule has 0 aromatic heterocycles. The molecule has 2 aromatic carbocycles. The van der Waals surface area contributed by atoms with Gasteiger partial charge in [0.1, 0.15) is 11.9 Å². The highest BCUT2D eigenvalue weighted by Crippen LogP contribution is 2.33. The Morgan fingerprint density at radius 1 is 1.00 bits per heavy atom. The van der Waals surface area contributed by atoms with Crippen molar-refractivity contribution in [2.24, 2.45) is 5.73 Å². The van der Waals surface area contributed by atoms with E-state index in [-0.39, 0.29) is 6.10 Å². The van der Waals surface area contributed by atoms with Gasteiger partial charge >= 0.3 is 0 Å². The van der Waals surface area contributed by atoms with Crippen LogP contribution in [0.4, 0.5) is 0 Å². The van der Waals surface area contributed by atoms with Crippen LogP contribution in [0.15, 0.2) is 55.9 Å². The second kappa shape index (κ2) is 6.88. The van der Waals surface area contributed by atoms with Crippen molar-refractivity contribution in [2.45, 2.75) is 6.10 Å². The minimum absolute atomic E-state index is 0.187. The summed E-state index contributed by atoms with van der Waals surface area (Å²) in [5, 5.41) is 0. The number of hydrogen-bond donors (Lipinski definition) is 1. The summed E-state index contributed by atoms with van der Waals surface area (Å²) in [5.74, 6) is 0.773. The van der Waals surface area contributed by atoms with Gasteiger partial charge in [-0.2, -0.15) is 0 Å². The third kappa shape index (κ3) is 3.81. The first-order valence-electron chi connectivity index (χ1n) is 5.68. The van der Waals surface area contributed by atoms with Crippen LogP contribution in [-0.2, 0) is 0 Å². The summed E-state index contributed by atoms with van der Waals surface area (Å²) < 4.78 is 8.89. The molecule has 2 rings (SSSR count). The predicted molar refractivity (Wildman–Crippen MR) is 88.4 cm³/mol. The van der Waals surface area contributed by atoms with Crippen LogP contribution in [0.5, 0.6) is 5.75 Å². The molecule has 0 aliphatic heterocycles. The molecule has 0 fully saturated rings. The largest absolute Gasteiger partial charge is 0.483 e. The van der Waals surface area contributed by atoms with Crippen LogP contribution in [0.3, 0.4) is 0 Å². The van der Waals surface area contributed by atoms with Crippen molar-refractivity contribution < 1.29 is 4.74 Å². The van der Waals surface area contributed by atoms with E-state index < -0.39 is 0 Å². The van der Waals surface area contributed by atoms with Gasteiger partial charge in [-0.1, -0.05) is 50.1 Å². The minimum atomic E-state index is -0.187. The molecular formula is C14H12Br3NO. The van der Waals surface area contributed by atoms with Gasteiger partial charge in [0.2, 0.25) is 0 Å². The molecule has 0 saturated carbocycles. The van der Waals surface area contributed by atoms with Crippen molar-refractivity contribution in [2.75, 3.05) is 6.54 Å². The van der Waals surface area contributed by atoms with Crippen LogP contribution in [0.25, 0.3) is 0 Å². The minimum Gasteiger partial charge on any atom is -0.483 e. The number of benzene rings is 2. The third-order valence-corrected chi connectivity index (χ3v) is 4.46. The lowest BCUT2D eigenvalue weighted by atomic mass is 10.1. The normalized spacial score (nSPS) is 12.2. The summed E-state index contributed by atoms with van der Waals surface area (Å²) in [4.78, 5) is 0. The van der Waals surface area contributed by atoms with E-state index in [1.165, 1.54) is 0 Å². The highest BCUT2D eigenvalue weighted by Gasteiger charge is 2.15. The third-order valence-electron chi connectivity index (χ3n) is 2.63. The maximum Gasteiger partial charge on any atom is 0.137 e. The average Bonchev–Trinajstić information content (AvgIpc) is 2.39. The smallest absolute Gasteiger partial charge is 0.137 e. The molecule has 0 aliphatic rings. The zero-order valence-corrected chi connectivity index (χ0v) is 14.7. The maximum atomic E-state index is 5.99. The molecule has 0 amide bonds. The Labute approximate surface area is 137 Å². The Morgan fingerprint density at radius 2 is 1.74 bits per heavy atom. The maximum absolute atomic E-state index is 5.99. The molecule has 1 atom stereocenters. The molecule has 0 bridgehead atoms. The van der Waals surface area contributed by atoms with E-state index in [4.69, 9.17) is 10.5 Å². The number of nitrogens with two attached hydrogens (primary N) is 1. The molecule has 19 heavy (non-hydrogen) atoms. The molecule has 100 valence electrons. The monoisotopic (exact) mass is 447 g/mol. The number of halogens is 3. The molecule has 0 heterocycles. The Balaban J connectivity index is 2.27. The van der Waals surface area contributed by atoms with E-state index in [1.54, 1.807) is 0 Å². The Morgan fingerprint density at radius 3 is 2.37 bits per heavy atom. The molecule has 0 aliphatic carbocycles. The average molecular weight is 450 g/mol. The first-order chi connectivity index (χ1) is 9.11. The zero-order valence-electron chi connectivity index (χ0n) is 9.95. The van der Waals surface area contributed by atoms with Crippen molar-refractivity contribution in [3.63, 3.8) is 0 Å². The van der Waals surface area contributed by atoms with Gasteiger partial charge in [0.05, 0.1) is 4.47 Å². The highest BCUT2D eigenvalue weighted by atomic mass is 79.9. The summed E-state index contributed by atoms with van der Waals surface area (Å²) in [5.41, 5.74) is 6.87. The fourth-order valence-electron chi connectivity index (χ4n) is 1.70. The standard InChI is InChI=1S/C14H12Br3NO/c15-9-5-6-13(12(17)7-9)19-14(8-18)10-3-1-2-4-11(10)16/h1-7,14H,8,18H2. The lowest BCUT2D eigenvalue weighted by Gasteiger charge is -2.20. The van der Waals surface area contributed by atoms with Crippen LogP contribution in [-0.4, -0.2) is 6.54 Å². The lowest BCUT2D eigenvalue weighted by Crippen LogP contribution is -2.19. The Kier molecular flexibility index (Phi) is 5.45. The van der Waals surface area contributed by atoms with Crippen LogP contribution in [0, 0.1) is 0 Å². The molecule has 1 unspecified atom stereocenters. The summed E-state index contributed by atoms with van der Waals surface area (Å²) in [6.45, 7) is 0.408. The SMILES string of the molecule is NCC(Oc1ccc(Br)cc1Br)c1ccccc1Br. The lowest BCUT2D eigenvalue weighted by molar-refractivity contribution is 0.212. The topological polar surface area (TPSA) is 35.2 Å². The van der Waals surface area contributed by atoms with E-state index >= 15 is 0 Å². The van der Waals surface area contributed by atoms with Crippen LogP contribution < -0.4 is 10.5 Å². The van der Waals surface area contributed by atoms with Crippen LogP contribution in [0.1, 0.15) is 11.7 Å².